The first kappa shape index (κ1) is 27.4. The van der Waals surface area contributed by atoms with Crippen molar-refractivity contribution in [3.8, 4) is 5.75 Å². The van der Waals surface area contributed by atoms with Crippen LogP contribution in [-0.2, 0) is 29.7 Å². The van der Waals surface area contributed by atoms with Crippen LogP contribution in [0.15, 0.2) is 18.2 Å². The van der Waals surface area contributed by atoms with Crippen molar-refractivity contribution in [2.24, 2.45) is 5.92 Å². The van der Waals surface area contributed by atoms with Gasteiger partial charge in [-0.1, -0.05) is 18.9 Å². The number of alkyl halides is 5. The first-order valence-corrected chi connectivity index (χ1v) is 13.4. The summed E-state index contributed by atoms with van der Waals surface area (Å²) in [4.78, 5) is 25.7. The van der Waals surface area contributed by atoms with Gasteiger partial charge in [0.1, 0.15) is 17.1 Å². The van der Waals surface area contributed by atoms with Crippen molar-refractivity contribution in [2.45, 2.75) is 88.9 Å². The van der Waals surface area contributed by atoms with E-state index in [4.69, 9.17) is 4.74 Å². The number of aromatic nitrogens is 2. The van der Waals surface area contributed by atoms with E-state index in [1.54, 1.807) is 10.7 Å². The monoisotopic (exact) mass is 554 g/mol. The van der Waals surface area contributed by atoms with Gasteiger partial charge in [-0.15, -0.1) is 0 Å². The summed E-state index contributed by atoms with van der Waals surface area (Å²) >= 11 is 0. The molecule has 1 fully saturated rings. The van der Waals surface area contributed by atoms with Crippen molar-refractivity contribution in [3.63, 3.8) is 0 Å². The summed E-state index contributed by atoms with van der Waals surface area (Å²) in [5, 5.41) is 10.3. The lowest BCUT2D eigenvalue weighted by Gasteiger charge is -2.42. The van der Waals surface area contributed by atoms with E-state index in [-0.39, 0.29) is 24.4 Å². The van der Waals surface area contributed by atoms with Crippen molar-refractivity contribution in [3.05, 3.63) is 40.6 Å². The number of hydrogen-bond acceptors (Lipinski definition) is 4. The molecule has 7 nitrogen and oxygen atoms in total. The van der Waals surface area contributed by atoms with Crippen LogP contribution in [0, 0.1) is 5.92 Å². The van der Waals surface area contributed by atoms with E-state index >= 15 is 0 Å². The molecular weight excluding hydrogens is 523 g/mol. The molecule has 1 spiro atoms. The second-order valence-electron chi connectivity index (χ2n) is 10.7. The summed E-state index contributed by atoms with van der Waals surface area (Å²) in [7, 11) is 0. The third-order valence-electron chi connectivity index (χ3n) is 7.63. The molecule has 0 saturated heterocycles. The Labute approximate surface area is 222 Å². The number of nitrogens with one attached hydrogen (secondary N) is 2. The van der Waals surface area contributed by atoms with Crippen LogP contribution in [0.1, 0.15) is 78.5 Å². The SMILES string of the molecule is O=C(CC(F)F)Nc1c2c(nn1CCC1CC1)C[C@]1(CCCc3cc(OCCCC(F)(F)F)ccc31)NC2=O. The fourth-order valence-electron chi connectivity index (χ4n) is 5.63. The van der Waals surface area contributed by atoms with Crippen molar-refractivity contribution in [1.29, 1.82) is 0 Å². The minimum Gasteiger partial charge on any atom is -0.494 e. The summed E-state index contributed by atoms with van der Waals surface area (Å²) in [6.45, 7) is 0.412. The standard InChI is InChI=1S/C27H31F5N4O3/c28-21(29)14-22(37)33-24-23-20(35-36(24)11-8-16-4-5-16)15-26(34-25(23)38)9-1-3-17-13-18(6-7-19(17)26)39-12-2-10-27(30,31)32/h6-7,13,16,21H,1-5,8-12,14-15H2,(H,33,37)(H,34,38)/t26-/m0/s1. The molecule has 2 N–H and O–H groups in total. The van der Waals surface area contributed by atoms with Crippen molar-refractivity contribution in [1.82, 2.24) is 15.1 Å². The first-order chi connectivity index (χ1) is 18.5. The zero-order valence-corrected chi connectivity index (χ0v) is 21.4. The number of anilines is 1. The zero-order valence-electron chi connectivity index (χ0n) is 21.4. The number of fused-ring (bicyclic) bond motifs is 3. The normalized spacial score (nSPS) is 20.5. The van der Waals surface area contributed by atoms with E-state index < -0.39 is 42.8 Å². The minimum absolute atomic E-state index is 0.0537. The van der Waals surface area contributed by atoms with Crippen LogP contribution in [0.5, 0.6) is 5.75 Å². The Hall–Kier alpha value is -3.18. The van der Waals surface area contributed by atoms with Crippen molar-refractivity contribution >= 4 is 17.6 Å². The summed E-state index contributed by atoms with van der Waals surface area (Å²) < 4.78 is 70.0. The fourth-order valence-corrected chi connectivity index (χ4v) is 5.63. The highest BCUT2D eigenvalue weighted by atomic mass is 19.4. The van der Waals surface area contributed by atoms with Gasteiger partial charge in [0, 0.05) is 19.4 Å². The van der Waals surface area contributed by atoms with Gasteiger partial charge in [-0.25, -0.2) is 13.5 Å². The number of aryl methyl sites for hydroxylation is 2. The average molecular weight is 555 g/mol. The van der Waals surface area contributed by atoms with E-state index in [0.29, 0.717) is 36.7 Å². The molecule has 2 heterocycles. The Morgan fingerprint density at radius 1 is 1.28 bits per heavy atom. The number of amides is 2. The predicted molar refractivity (Wildman–Crippen MR) is 132 cm³/mol. The third kappa shape index (κ3) is 6.36. The molecule has 12 heteroatoms. The molecule has 0 unspecified atom stereocenters. The van der Waals surface area contributed by atoms with Crippen LogP contribution in [-0.4, -0.2) is 40.8 Å². The Balaban J connectivity index is 1.38. The predicted octanol–water partition coefficient (Wildman–Crippen LogP) is 5.52. The number of carbonyl (C=O) groups excluding carboxylic acids is 2. The third-order valence-corrected chi connectivity index (χ3v) is 7.63. The van der Waals surface area contributed by atoms with Gasteiger partial charge in [-0.2, -0.15) is 18.3 Å². The summed E-state index contributed by atoms with van der Waals surface area (Å²) in [6, 6.07) is 5.36. The first-order valence-electron chi connectivity index (χ1n) is 13.4. The number of nitrogens with zero attached hydrogens (tertiary/aromatic N) is 2. The molecule has 2 amide bonds. The molecule has 2 aromatic rings. The molecule has 1 aliphatic heterocycles. The van der Waals surface area contributed by atoms with E-state index in [2.05, 4.69) is 15.7 Å². The Morgan fingerprint density at radius 2 is 2.08 bits per heavy atom. The number of benzene rings is 1. The Kier molecular flexibility index (Phi) is 7.56. The number of ether oxygens (including phenoxy) is 1. The summed E-state index contributed by atoms with van der Waals surface area (Å²) in [5.74, 6) is -0.113. The lowest BCUT2D eigenvalue weighted by atomic mass is 9.72. The van der Waals surface area contributed by atoms with Gasteiger partial charge in [-0.3, -0.25) is 9.59 Å². The topological polar surface area (TPSA) is 85.2 Å². The maximum atomic E-state index is 13.5. The largest absolute Gasteiger partial charge is 0.494 e. The second kappa shape index (κ2) is 10.8. The molecule has 3 aliphatic rings. The zero-order chi connectivity index (χ0) is 27.8. The van der Waals surface area contributed by atoms with Crippen LogP contribution >= 0.6 is 0 Å². The molecule has 1 atom stereocenters. The van der Waals surface area contributed by atoms with Crippen LogP contribution in [0.3, 0.4) is 0 Å². The van der Waals surface area contributed by atoms with Gasteiger partial charge in [0.05, 0.1) is 24.3 Å². The minimum atomic E-state index is -4.22. The maximum absolute atomic E-state index is 13.5. The summed E-state index contributed by atoms with van der Waals surface area (Å²) in [6.07, 6.45) is -3.49. The summed E-state index contributed by atoms with van der Waals surface area (Å²) in [5.41, 5.74) is 1.80. The number of carbonyl (C=O) groups is 2. The van der Waals surface area contributed by atoms with E-state index in [1.165, 1.54) is 0 Å². The lowest BCUT2D eigenvalue weighted by Crippen LogP contribution is -2.52. The van der Waals surface area contributed by atoms with Gasteiger partial charge in [0.15, 0.2) is 0 Å². The highest BCUT2D eigenvalue weighted by Crippen LogP contribution is 2.43. The van der Waals surface area contributed by atoms with E-state index in [9.17, 15) is 31.5 Å². The van der Waals surface area contributed by atoms with E-state index in [0.717, 1.165) is 43.2 Å². The Morgan fingerprint density at radius 3 is 2.79 bits per heavy atom. The quantitative estimate of drug-likeness (QED) is 0.299. The molecule has 212 valence electrons. The molecule has 0 radical (unpaired) electrons. The molecule has 2 aliphatic carbocycles. The van der Waals surface area contributed by atoms with Gasteiger partial charge >= 0.3 is 6.18 Å². The van der Waals surface area contributed by atoms with Crippen LogP contribution in [0.2, 0.25) is 0 Å². The number of rotatable bonds is 10. The lowest BCUT2D eigenvalue weighted by molar-refractivity contribution is -0.136. The van der Waals surface area contributed by atoms with E-state index in [1.807, 2.05) is 12.1 Å². The van der Waals surface area contributed by atoms with Gasteiger partial charge in [0.2, 0.25) is 12.3 Å². The highest BCUT2D eigenvalue weighted by molar-refractivity contribution is 6.05. The molecular formula is C27H31F5N4O3. The van der Waals surface area contributed by atoms with Crippen molar-refractivity contribution < 1.29 is 36.3 Å². The smallest absolute Gasteiger partial charge is 0.389 e. The van der Waals surface area contributed by atoms with Crippen molar-refractivity contribution in [2.75, 3.05) is 11.9 Å². The second-order valence-corrected chi connectivity index (χ2v) is 10.7. The highest BCUT2D eigenvalue weighted by Gasteiger charge is 2.45. The van der Waals surface area contributed by atoms with Crippen LogP contribution in [0.25, 0.3) is 0 Å². The molecule has 1 aromatic carbocycles. The molecule has 5 rings (SSSR count). The van der Waals surface area contributed by atoms with Gasteiger partial charge in [0.25, 0.3) is 5.91 Å². The number of halogens is 5. The van der Waals surface area contributed by atoms with Gasteiger partial charge in [-0.05, 0) is 61.3 Å². The molecule has 1 saturated carbocycles. The maximum Gasteiger partial charge on any atom is 0.389 e. The Bertz CT molecular complexity index is 1240. The van der Waals surface area contributed by atoms with Crippen LogP contribution < -0.4 is 15.4 Å². The van der Waals surface area contributed by atoms with Crippen LogP contribution in [0.4, 0.5) is 27.8 Å². The average Bonchev–Trinajstić information content (AvgIpc) is 3.61. The van der Waals surface area contributed by atoms with Gasteiger partial charge < -0.3 is 15.4 Å². The fraction of sp³-hybridized carbons (Fsp3) is 0.593. The molecule has 39 heavy (non-hydrogen) atoms. The molecule has 0 bridgehead atoms. The number of hydrogen-bond donors (Lipinski definition) is 2. The molecule has 1 aromatic heterocycles.